The number of hydrogen-bond donors (Lipinski definition) is 1. The Kier molecular flexibility index (Phi) is 5.41. The van der Waals surface area contributed by atoms with Crippen LogP contribution in [0.3, 0.4) is 0 Å². The Bertz CT molecular complexity index is 1410. The molecule has 3 aliphatic rings. The first-order chi connectivity index (χ1) is 17.9. The van der Waals surface area contributed by atoms with E-state index in [1.54, 1.807) is 30.3 Å². The number of benzene rings is 3. The molecule has 3 aromatic rings. The number of nitro groups is 2. The molecule has 0 unspecified atom stereocenters. The number of nitro benzene ring substituents is 1. The van der Waals surface area contributed by atoms with Crippen molar-refractivity contribution in [2.24, 2.45) is 0 Å². The van der Waals surface area contributed by atoms with Gasteiger partial charge in [0.15, 0.2) is 5.54 Å². The Morgan fingerprint density at radius 2 is 1.81 bits per heavy atom. The molecule has 37 heavy (non-hydrogen) atoms. The number of hydrogen-bond acceptors (Lipinski definition) is 7. The minimum Gasteiger partial charge on any atom is -0.489 e. The summed E-state index contributed by atoms with van der Waals surface area (Å²) in [7, 11) is 0. The molecule has 1 amide bonds. The normalized spacial score (nSPS) is 26.1. The van der Waals surface area contributed by atoms with Crippen molar-refractivity contribution in [2.45, 2.75) is 43.0 Å². The van der Waals surface area contributed by atoms with Crippen LogP contribution in [-0.4, -0.2) is 39.3 Å². The van der Waals surface area contributed by atoms with Gasteiger partial charge in [0.05, 0.1) is 10.8 Å². The third-order valence-corrected chi connectivity index (χ3v) is 7.89. The van der Waals surface area contributed by atoms with Gasteiger partial charge in [-0.15, -0.1) is 0 Å². The van der Waals surface area contributed by atoms with Gasteiger partial charge < -0.3 is 10.1 Å². The van der Waals surface area contributed by atoms with Crippen molar-refractivity contribution in [1.82, 2.24) is 4.90 Å². The van der Waals surface area contributed by atoms with Crippen LogP contribution in [0.25, 0.3) is 0 Å². The second-order valence-corrected chi connectivity index (χ2v) is 9.71. The van der Waals surface area contributed by atoms with Gasteiger partial charge in [-0.1, -0.05) is 42.5 Å². The van der Waals surface area contributed by atoms with Crippen LogP contribution in [0.1, 0.15) is 35.4 Å². The Balaban J connectivity index is 1.31. The standard InChI is InChI=1S/C27H24N4O6/c32-26-27(21-7-1-2-8-22(21)28-26)25(31(35)36)24(23-9-4-14-29(23)27)18-10-12-20(13-11-18)37-16-17-5-3-6-19(15-17)30(33)34/h1-3,5-8,10-13,15,23-25H,4,9,14,16H2,(H,28,32)/t23-,24-,25-,27+/m1/s1. The summed E-state index contributed by atoms with van der Waals surface area (Å²) in [5, 5.41) is 26.6. The Morgan fingerprint density at radius 3 is 2.57 bits per heavy atom. The van der Waals surface area contributed by atoms with Gasteiger partial charge in [-0.05, 0) is 42.2 Å². The second kappa shape index (κ2) is 8.67. The van der Waals surface area contributed by atoms with E-state index in [9.17, 15) is 25.0 Å². The Hall–Kier alpha value is -4.31. The summed E-state index contributed by atoms with van der Waals surface area (Å²) >= 11 is 0. The van der Waals surface area contributed by atoms with Crippen molar-refractivity contribution in [3.05, 3.63) is 110 Å². The lowest BCUT2D eigenvalue weighted by Crippen LogP contribution is -2.55. The van der Waals surface area contributed by atoms with Gasteiger partial charge in [0.1, 0.15) is 12.4 Å². The molecular formula is C27H24N4O6. The van der Waals surface area contributed by atoms with E-state index in [1.807, 2.05) is 30.3 Å². The third-order valence-electron chi connectivity index (χ3n) is 7.89. The van der Waals surface area contributed by atoms with Crippen molar-refractivity contribution in [3.8, 4) is 5.75 Å². The lowest BCUT2D eigenvalue weighted by molar-refractivity contribution is -0.534. The van der Waals surface area contributed by atoms with E-state index in [1.165, 1.54) is 12.1 Å². The van der Waals surface area contributed by atoms with E-state index < -0.39 is 22.4 Å². The molecule has 0 bridgehead atoms. The first-order valence-electron chi connectivity index (χ1n) is 12.2. The van der Waals surface area contributed by atoms with Crippen molar-refractivity contribution in [2.75, 3.05) is 11.9 Å². The number of nitrogens with zero attached hydrogens (tertiary/aromatic N) is 3. The number of nitrogens with one attached hydrogen (secondary N) is 1. The lowest BCUT2D eigenvalue weighted by Gasteiger charge is -2.32. The molecule has 1 N–H and O–H groups in total. The number of carbonyl (C=O) groups excluding carboxylic acids is 1. The molecule has 188 valence electrons. The molecule has 0 aliphatic carbocycles. The molecule has 2 saturated heterocycles. The molecule has 2 fully saturated rings. The number of para-hydroxylation sites is 1. The monoisotopic (exact) mass is 500 g/mol. The summed E-state index contributed by atoms with van der Waals surface area (Å²) in [6.07, 6.45) is 1.64. The fourth-order valence-electron chi connectivity index (χ4n) is 6.49. The van der Waals surface area contributed by atoms with Gasteiger partial charge in [0.25, 0.3) is 17.6 Å². The summed E-state index contributed by atoms with van der Waals surface area (Å²) in [4.78, 5) is 38.5. The number of amides is 1. The summed E-state index contributed by atoms with van der Waals surface area (Å²) in [5.41, 5.74) is 1.41. The van der Waals surface area contributed by atoms with Crippen LogP contribution in [0.4, 0.5) is 11.4 Å². The smallest absolute Gasteiger partial charge is 0.269 e. The molecule has 6 rings (SSSR count). The van der Waals surface area contributed by atoms with Crippen molar-refractivity contribution in [3.63, 3.8) is 0 Å². The van der Waals surface area contributed by atoms with E-state index >= 15 is 0 Å². The molecule has 0 saturated carbocycles. The molecule has 1 spiro atoms. The first kappa shape index (κ1) is 23.1. The molecular weight excluding hydrogens is 476 g/mol. The highest BCUT2D eigenvalue weighted by molar-refractivity contribution is 6.07. The minimum atomic E-state index is -1.34. The van der Waals surface area contributed by atoms with Gasteiger partial charge >= 0.3 is 0 Å². The van der Waals surface area contributed by atoms with Crippen LogP contribution in [0.5, 0.6) is 5.75 Å². The quantitative estimate of drug-likeness (QED) is 0.396. The van der Waals surface area contributed by atoms with E-state index in [4.69, 9.17) is 4.74 Å². The van der Waals surface area contributed by atoms with Crippen LogP contribution in [0, 0.1) is 20.2 Å². The largest absolute Gasteiger partial charge is 0.489 e. The number of rotatable bonds is 6. The predicted molar refractivity (Wildman–Crippen MR) is 134 cm³/mol. The molecule has 0 radical (unpaired) electrons. The van der Waals surface area contributed by atoms with Crippen molar-refractivity contribution < 1.29 is 19.4 Å². The summed E-state index contributed by atoms with van der Waals surface area (Å²) < 4.78 is 5.83. The maximum atomic E-state index is 13.5. The Labute approximate surface area is 212 Å². The summed E-state index contributed by atoms with van der Waals surface area (Å²) in [5.74, 6) is -0.255. The molecule has 0 aromatic heterocycles. The number of fused-ring (bicyclic) bond motifs is 4. The molecule has 10 heteroatoms. The highest BCUT2D eigenvalue weighted by Crippen LogP contribution is 2.58. The maximum absolute atomic E-state index is 13.5. The minimum absolute atomic E-state index is 0.00364. The molecule has 3 heterocycles. The average molecular weight is 501 g/mol. The SMILES string of the molecule is O=C1Nc2ccccc2[C@]12[C@H]([N+](=O)[O-])[C@H](c1ccc(OCc3cccc([N+](=O)[O-])c3)cc1)[C@H]1CCCN12. The van der Waals surface area contributed by atoms with Gasteiger partial charge in [-0.25, -0.2) is 0 Å². The predicted octanol–water partition coefficient (Wildman–Crippen LogP) is 4.23. The number of carbonyl (C=O) groups is 1. The van der Waals surface area contributed by atoms with Gasteiger partial charge in [-0.2, -0.15) is 0 Å². The van der Waals surface area contributed by atoms with Gasteiger partial charge in [-0.3, -0.25) is 29.9 Å². The fourth-order valence-corrected chi connectivity index (χ4v) is 6.49. The van der Waals surface area contributed by atoms with Crippen LogP contribution in [0.15, 0.2) is 72.8 Å². The number of non-ortho nitro benzene ring substituents is 1. The average Bonchev–Trinajstić information content (AvgIpc) is 3.56. The third kappa shape index (κ3) is 3.47. The maximum Gasteiger partial charge on any atom is 0.269 e. The number of ether oxygens (including phenoxy) is 1. The zero-order valence-electron chi connectivity index (χ0n) is 19.8. The molecule has 3 aliphatic heterocycles. The molecule has 3 aromatic carbocycles. The van der Waals surface area contributed by atoms with E-state index in [0.29, 0.717) is 29.1 Å². The summed E-state index contributed by atoms with van der Waals surface area (Å²) in [6.45, 7) is 0.774. The van der Waals surface area contributed by atoms with Crippen LogP contribution < -0.4 is 10.1 Å². The van der Waals surface area contributed by atoms with Gasteiger partial charge in [0.2, 0.25) is 0 Å². The summed E-state index contributed by atoms with van der Waals surface area (Å²) in [6, 6.07) is 19.4. The van der Waals surface area contributed by atoms with Gasteiger partial charge in [0, 0.05) is 40.9 Å². The zero-order valence-corrected chi connectivity index (χ0v) is 19.8. The lowest BCUT2D eigenvalue weighted by atomic mass is 9.77. The van der Waals surface area contributed by atoms with Crippen molar-refractivity contribution >= 4 is 17.3 Å². The molecule has 10 nitrogen and oxygen atoms in total. The highest BCUT2D eigenvalue weighted by atomic mass is 16.6. The highest BCUT2D eigenvalue weighted by Gasteiger charge is 2.73. The zero-order chi connectivity index (χ0) is 25.7. The van der Waals surface area contributed by atoms with Crippen LogP contribution in [-0.2, 0) is 16.9 Å². The van der Waals surface area contributed by atoms with Crippen molar-refractivity contribution in [1.29, 1.82) is 0 Å². The fraction of sp³-hybridized carbons (Fsp3) is 0.296. The Morgan fingerprint density at radius 1 is 1.03 bits per heavy atom. The van der Waals surface area contributed by atoms with E-state index in [0.717, 1.165) is 18.4 Å². The molecule has 4 atom stereocenters. The van der Waals surface area contributed by atoms with E-state index in [-0.39, 0.29) is 29.2 Å². The number of anilines is 1. The van der Waals surface area contributed by atoms with Crippen LogP contribution >= 0.6 is 0 Å². The van der Waals surface area contributed by atoms with Crippen LogP contribution in [0.2, 0.25) is 0 Å². The topological polar surface area (TPSA) is 128 Å². The second-order valence-electron chi connectivity index (χ2n) is 9.71. The van der Waals surface area contributed by atoms with E-state index in [2.05, 4.69) is 10.2 Å². The first-order valence-corrected chi connectivity index (χ1v) is 12.2.